The number of anilines is 1. The number of halogens is 2. The van der Waals surface area contributed by atoms with Crippen molar-refractivity contribution >= 4 is 29.2 Å². The van der Waals surface area contributed by atoms with Gasteiger partial charge in [-0.15, -0.1) is 0 Å². The van der Waals surface area contributed by atoms with Crippen LogP contribution in [0, 0.1) is 11.7 Å². The summed E-state index contributed by atoms with van der Waals surface area (Å²) in [4.78, 5) is 23.1. The van der Waals surface area contributed by atoms with Crippen molar-refractivity contribution in [2.24, 2.45) is 11.7 Å². The van der Waals surface area contributed by atoms with E-state index in [1.807, 2.05) is 13.8 Å². The van der Waals surface area contributed by atoms with E-state index < -0.39 is 23.8 Å². The summed E-state index contributed by atoms with van der Waals surface area (Å²) < 4.78 is 13.0. The Kier molecular flexibility index (Phi) is 5.76. The molecule has 3 amide bonds. The van der Waals surface area contributed by atoms with Gasteiger partial charge < -0.3 is 16.4 Å². The number of rotatable bonds is 5. The average Bonchev–Trinajstić information content (AvgIpc) is 2.39. The van der Waals surface area contributed by atoms with Gasteiger partial charge in [0.15, 0.2) is 0 Å². The van der Waals surface area contributed by atoms with Gasteiger partial charge in [-0.2, -0.15) is 0 Å². The van der Waals surface area contributed by atoms with Gasteiger partial charge in [0.25, 0.3) is 0 Å². The molecule has 4 N–H and O–H groups in total. The number of nitrogens with one attached hydrogen (secondary N) is 2. The molecule has 0 bridgehead atoms. The van der Waals surface area contributed by atoms with Crippen molar-refractivity contribution in [1.29, 1.82) is 0 Å². The summed E-state index contributed by atoms with van der Waals surface area (Å²) in [7, 11) is 0. The van der Waals surface area contributed by atoms with Crippen LogP contribution in [0.1, 0.15) is 20.3 Å². The quantitative estimate of drug-likeness (QED) is 0.780. The topological polar surface area (TPSA) is 84.2 Å². The first-order valence-electron chi connectivity index (χ1n) is 6.17. The number of primary amides is 1. The molecule has 1 aromatic carbocycles. The number of carbonyl (C=O) groups is 2. The van der Waals surface area contributed by atoms with E-state index >= 15 is 0 Å². The predicted octanol–water partition coefficient (Wildman–Crippen LogP) is 2.50. The maximum absolute atomic E-state index is 13.0. The van der Waals surface area contributed by atoms with Crippen molar-refractivity contribution in [2.75, 3.05) is 5.32 Å². The minimum Gasteiger partial charge on any atom is -0.352 e. The monoisotopic (exact) mass is 301 g/mol. The second kappa shape index (κ2) is 7.09. The van der Waals surface area contributed by atoms with Crippen LogP contribution < -0.4 is 16.4 Å². The largest absolute Gasteiger partial charge is 0.352 e. The number of urea groups is 1. The summed E-state index contributed by atoms with van der Waals surface area (Å²) in [6.07, 6.45) is 0.683. The van der Waals surface area contributed by atoms with E-state index in [4.69, 9.17) is 17.3 Å². The zero-order valence-electron chi connectivity index (χ0n) is 11.2. The van der Waals surface area contributed by atoms with Crippen molar-refractivity contribution in [3.63, 3.8) is 0 Å². The molecule has 0 saturated carbocycles. The minimum atomic E-state index is -0.775. The Morgan fingerprint density at radius 1 is 1.45 bits per heavy atom. The lowest BCUT2D eigenvalue weighted by molar-refractivity contribution is -0.119. The lowest BCUT2D eigenvalue weighted by atomic mass is 9.98. The number of hydrogen-bond donors (Lipinski definition) is 3. The molecular weight excluding hydrogens is 285 g/mol. The van der Waals surface area contributed by atoms with Crippen LogP contribution in [0.2, 0.25) is 5.02 Å². The van der Waals surface area contributed by atoms with Crippen LogP contribution in [0.4, 0.5) is 14.9 Å². The summed E-state index contributed by atoms with van der Waals surface area (Å²) in [5.74, 6) is -1.10. The lowest BCUT2D eigenvalue weighted by Gasteiger charge is -2.22. The van der Waals surface area contributed by atoms with E-state index in [-0.39, 0.29) is 10.9 Å². The normalized spacial score (nSPS) is 13.4. The van der Waals surface area contributed by atoms with E-state index in [9.17, 15) is 14.0 Å². The van der Waals surface area contributed by atoms with Crippen LogP contribution in [0.5, 0.6) is 0 Å². The lowest BCUT2D eigenvalue weighted by Crippen LogP contribution is -2.49. The summed E-state index contributed by atoms with van der Waals surface area (Å²) in [6.45, 7) is 3.71. The molecule has 0 aliphatic rings. The van der Waals surface area contributed by atoms with Gasteiger partial charge >= 0.3 is 6.03 Å². The Morgan fingerprint density at radius 2 is 2.10 bits per heavy atom. The minimum absolute atomic E-state index is 0.0919. The van der Waals surface area contributed by atoms with Crippen molar-refractivity contribution in [1.82, 2.24) is 5.32 Å². The first kappa shape index (κ1) is 16.2. The molecule has 0 heterocycles. The van der Waals surface area contributed by atoms with Crippen molar-refractivity contribution in [3.05, 3.63) is 29.0 Å². The Balaban J connectivity index is 2.84. The highest BCUT2D eigenvalue weighted by atomic mass is 35.5. The number of nitrogens with two attached hydrogens (primary N) is 1. The first-order chi connectivity index (χ1) is 9.35. The van der Waals surface area contributed by atoms with Crippen molar-refractivity contribution in [3.8, 4) is 0 Å². The van der Waals surface area contributed by atoms with Crippen molar-refractivity contribution < 1.29 is 14.0 Å². The number of carbonyl (C=O) groups excluding carboxylic acids is 2. The molecule has 110 valence electrons. The highest BCUT2D eigenvalue weighted by Crippen LogP contribution is 2.20. The maximum atomic E-state index is 13.0. The summed E-state index contributed by atoms with van der Waals surface area (Å²) in [6, 6.07) is 2.30. The van der Waals surface area contributed by atoms with Gasteiger partial charge in [0.05, 0.1) is 5.02 Å². The summed E-state index contributed by atoms with van der Waals surface area (Å²) in [5, 5.41) is 4.87. The van der Waals surface area contributed by atoms with Crippen LogP contribution in [-0.2, 0) is 4.79 Å². The molecule has 0 spiro atoms. The highest BCUT2D eigenvalue weighted by Gasteiger charge is 2.25. The van der Waals surface area contributed by atoms with Gasteiger partial charge in [-0.3, -0.25) is 4.79 Å². The third-order valence-electron chi connectivity index (χ3n) is 2.98. The molecule has 0 fully saturated rings. The van der Waals surface area contributed by atoms with Crippen LogP contribution in [-0.4, -0.2) is 18.0 Å². The molecule has 20 heavy (non-hydrogen) atoms. The number of amides is 3. The Morgan fingerprint density at radius 3 is 2.60 bits per heavy atom. The molecule has 0 aliphatic heterocycles. The molecule has 2 atom stereocenters. The second-order valence-corrected chi connectivity index (χ2v) is 4.90. The van der Waals surface area contributed by atoms with Crippen LogP contribution in [0.25, 0.3) is 0 Å². The maximum Gasteiger partial charge on any atom is 0.312 e. The Labute approximate surface area is 121 Å². The average molecular weight is 302 g/mol. The fraction of sp³-hybridized carbons (Fsp3) is 0.385. The fourth-order valence-corrected chi connectivity index (χ4v) is 1.83. The van der Waals surface area contributed by atoms with Gasteiger partial charge in [-0.25, -0.2) is 9.18 Å². The molecule has 1 aromatic rings. The summed E-state index contributed by atoms with van der Waals surface area (Å²) in [5.41, 5.74) is 5.41. The first-order valence-corrected chi connectivity index (χ1v) is 6.54. The Bertz CT molecular complexity index is 510. The zero-order valence-corrected chi connectivity index (χ0v) is 12.0. The number of benzene rings is 1. The molecule has 0 aliphatic carbocycles. The third-order valence-corrected chi connectivity index (χ3v) is 3.27. The second-order valence-electron chi connectivity index (χ2n) is 4.49. The van der Waals surface area contributed by atoms with Crippen LogP contribution in [0.15, 0.2) is 18.2 Å². The van der Waals surface area contributed by atoms with Gasteiger partial charge in [0, 0.05) is 5.69 Å². The molecule has 5 nitrogen and oxygen atoms in total. The van der Waals surface area contributed by atoms with Gasteiger partial charge in [0.1, 0.15) is 11.9 Å². The van der Waals surface area contributed by atoms with Crippen LogP contribution in [0.3, 0.4) is 0 Å². The predicted molar refractivity (Wildman–Crippen MR) is 76.0 cm³/mol. The number of hydrogen-bond acceptors (Lipinski definition) is 2. The van der Waals surface area contributed by atoms with E-state index in [0.717, 1.165) is 6.07 Å². The zero-order chi connectivity index (χ0) is 15.3. The van der Waals surface area contributed by atoms with Crippen molar-refractivity contribution in [2.45, 2.75) is 26.3 Å². The molecule has 0 saturated heterocycles. The fourth-order valence-electron chi connectivity index (χ4n) is 1.65. The Hall–Kier alpha value is -1.82. The molecule has 0 aromatic heterocycles. The molecule has 0 radical (unpaired) electrons. The smallest absolute Gasteiger partial charge is 0.312 e. The molecule has 0 unspecified atom stereocenters. The SMILES string of the molecule is CC[C@@H](C)[C@@H](NC(N)=O)C(=O)Nc1ccc(F)c(Cl)c1. The summed E-state index contributed by atoms with van der Waals surface area (Å²) >= 11 is 5.63. The van der Waals surface area contributed by atoms with Crippen LogP contribution >= 0.6 is 11.6 Å². The van der Waals surface area contributed by atoms with Gasteiger partial charge in [-0.05, 0) is 24.1 Å². The molecular formula is C13H17ClFN3O2. The van der Waals surface area contributed by atoms with Gasteiger partial charge in [-0.1, -0.05) is 31.9 Å². The molecule has 1 rings (SSSR count). The van der Waals surface area contributed by atoms with E-state index in [1.165, 1.54) is 12.1 Å². The van der Waals surface area contributed by atoms with E-state index in [0.29, 0.717) is 12.1 Å². The highest BCUT2D eigenvalue weighted by molar-refractivity contribution is 6.31. The van der Waals surface area contributed by atoms with E-state index in [2.05, 4.69) is 10.6 Å². The van der Waals surface area contributed by atoms with E-state index in [1.54, 1.807) is 0 Å². The van der Waals surface area contributed by atoms with Gasteiger partial charge in [0.2, 0.25) is 5.91 Å². The molecule has 7 heteroatoms. The standard InChI is InChI=1S/C13H17ClFN3O2/c1-3-7(2)11(18-13(16)20)12(19)17-8-4-5-10(15)9(14)6-8/h4-7,11H,3H2,1-2H3,(H,17,19)(H3,16,18,20)/t7-,11-/m1/s1. The third kappa shape index (κ3) is 4.38.